The second-order valence-corrected chi connectivity index (χ2v) is 14.9. The molecule has 0 fully saturated rings. The first kappa shape index (κ1) is 43.5. The molecule has 50 heavy (non-hydrogen) atoms. The van der Waals surface area contributed by atoms with Crippen molar-refractivity contribution in [2.24, 2.45) is 0 Å². The van der Waals surface area contributed by atoms with Gasteiger partial charge in [0.1, 0.15) is 0 Å². The molecule has 0 aromatic heterocycles. The monoisotopic (exact) mass is 691 g/mol. The van der Waals surface area contributed by atoms with Crippen molar-refractivity contribution in [3.05, 3.63) is 69.8 Å². The summed E-state index contributed by atoms with van der Waals surface area (Å²) >= 11 is 0. The highest BCUT2D eigenvalue weighted by Crippen LogP contribution is 2.41. The first-order valence-corrected chi connectivity index (χ1v) is 21.0. The van der Waals surface area contributed by atoms with Crippen molar-refractivity contribution >= 4 is 11.9 Å². The minimum Gasteiger partial charge on any atom is -0.241 e. The Morgan fingerprint density at radius 2 is 0.720 bits per heavy atom. The lowest BCUT2D eigenvalue weighted by molar-refractivity contribution is -0.187. The molecular formula is C46H74O4. The van der Waals surface area contributed by atoms with Crippen LogP contribution in [0.4, 0.5) is 0 Å². The Bertz CT molecular complexity index is 1140. The summed E-state index contributed by atoms with van der Waals surface area (Å²) in [5.74, 6) is 0.229. The third-order valence-corrected chi connectivity index (χ3v) is 10.8. The number of rotatable bonds is 26. The molecule has 4 unspecified atom stereocenters. The smallest absolute Gasteiger partial charge is 0.241 e. The first-order valence-electron chi connectivity index (χ1n) is 21.0. The van der Waals surface area contributed by atoms with Crippen molar-refractivity contribution in [1.29, 1.82) is 0 Å². The number of hydrogen-bond donors (Lipinski definition) is 0. The molecule has 2 aromatic carbocycles. The van der Waals surface area contributed by atoms with Crippen LogP contribution in [0.15, 0.2) is 36.4 Å². The Hall–Kier alpha value is -2.62. The minimum atomic E-state index is -0.556. The maximum Gasteiger partial charge on any atom is 0.386 e. The van der Waals surface area contributed by atoms with Gasteiger partial charge in [0, 0.05) is 0 Å². The molecule has 0 spiro atoms. The van der Waals surface area contributed by atoms with E-state index in [4.69, 9.17) is 9.78 Å². The molecule has 0 bridgehead atoms. The van der Waals surface area contributed by atoms with Gasteiger partial charge in [-0.2, -0.15) is 0 Å². The zero-order chi connectivity index (χ0) is 36.7. The maximum atomic E-state index is 14.1. The van der Waals surface area contributed by atoms with E-state index in [0.29, 0.717) is 23.0 Å². The fourth-order valence-electron chi connectivity index (χ4n) is 8.28. The second-order valence-electron chi connectivity index (χ2n) is 14.9. The summed E-state index contributed by atoms with van der Waals surface area (Å²) < 4.78 is 0. The highest BCUT2D eigenvalue weighted by molar-refractivity contribution is 5.94. The Balaban J connectivity index is 2.60. The van der Waals surface area contributed by atoms with Crippen molar-refractivity contribution in [1.82, 2.24) is 0 Å². The molecule has 4 nitrogen and oxygen atoms in total. The lowest BCUT2D eigenvalue weighted by atomic mass is 9.77. The molecule has 4 heteroatoms. The van der Waals surface area contributed by atoms with Crippen molar-refractivity contribution in [2.75, 3.05) is 0 Å². The minimum absolute atomic E-state index is 0.269. The topological polar surface area (TPSA) is 52.6 Å². The number of benzene rings is 2. The lowest BCUT2D eigenvalue weighted by Gasteiger charge is -2.28. The standard InChI is InChI=1S/C46H74O4/c1-9-17-27-35(23-13-5)39-31-21-33-41(43(39)37(25-15-7)29-19-11-3)45(47)49-50-46(48)42-34-22-32-40(36(24-14-6)28-18-10-2)44(42)38(26-16-8)30-20-12-4/h21-22,31-38H,9-20,23-30H2,1-8H3. The molecule has 2 aromatic rings. The average Bonchev–Trinajstić information content (AvgIpc) is 3.13. The Kier molecular flexibility index (Phi) is 22.1. The summed E-state index contributed by atoms with van der Waals surface area (Å²) in [6, 6.07) is 12.3. The van der Waals surface area contributed by atoms with Crippen LogP contribution in [0.2, 0.25) is 0 Å². The predicted molar refractivity (Wildman–Crippen MR) is 212 cm³/mol. The van der Waals surface area contributed by atoms with Gasteiger partial charge in [0.25, 0.3) is 0 Å². The highest BCUT2D eigenvalue weighted by Gasteiger charge is 2.30. The van der Waals surface area contributed by atoms with E-state index in [-0.39, 0.29) is 11.8 Å². The van der Waals surface area contributed by atoms with Crippen LogP contribution in [0.3, 0.4) is 0 Å². The molecule has 0 heterocycles. The van der Waals surface area contributed by atoms with E-state index in [9.17, 15) is 9.59 Å². The van der Waals surface area contributed by atoms with Crippen LogP contribution in [-0.4, -0.2) is 11.9 Å². The Labute approximate surface area is 307 Å². The van der Waals surface area contributed by atoms with Crippen LogP contribution in [0, 0.1) is 0 Å². The molecule has 2 rings (SSSR count). The van der Waals surface area contributed by atoms with Crippen molar-refractivity contribution in [3.8, 4) is 0 Å². The van der Waals surface area contributed by atoms with Gasteiger partial charge in [-0.1, -0.05) is 157 Å². The van der Waals surface area contributed by atoms with E-state index in [2.05, 4.69) is 67.5 Å². The highest BCUT2D eigenvalue weighted by atomic mass is 17.2. The largest absolute Gasteiger partial charge is 0.386 e. The zero-order valence-corrected chi connectivity index (χ0v) is 33.5. The van der Waals surface area contributed by atoms with Gasteiger partial charge in [-0.25, -0.2) is 19.4 Å². The van der Waals surface area contributed by atoms with Gasteiger partial charge in [0.15, 0.2) is 0 Å². The van der Waals surface area contributed by atoms with Gasteiger partial charge in [-0.05, 0) is 109 Å². The van der Waals surface area contributed by atoms with Gasteiger partial charge in [0.05, 0.1) is 11.1 Å². The Morgan fingerprint density at radius 1 is 0.420 bits per heavy atom. The summed E-state index contributed by atoms with van der Waals surface area (Å²) in [6.45, 7) is 17.9. The zero-order valence-electron chi connectivity index (χ0n) is 33.5. The van der Waals surface area contributed by atoms with E-state index in [1.54, 1.807) is 0 Å². The molecule has 0 saturated carbocycles. The third kappa shape index (κ3) is 13.2. The van der Waals surface area contributed by atoms with Crippen molar-refractivity contribution in [3.63, 3.8) is 0 Å². The predicted octanol–water partition coefficient (Wildman–Crippen LogP) is 14.9. The van der Waals surface area contributed by atoms with Crippen molar-refractivity contribution in [2.45, 2.75) is 207 Å². The van der Waals surface area contributed by atoms with Gasteiger partial charge < -0.3 is 0 Å². The second kappa shape index (κ2) is 25.4. The fraction of sp³-hybridized carbons (Fsp3) is 0.696. The molecule has 0 N–H and O–H groups in total. The van der Waals surface area contributed by atoms with Gasteiger partial charge in [-0.15, -0.1) is 0 Å². The first-order chi connectivity index (χ1) is 24.4. The average molecular weight is 691 g/mol. The van der Waals surface area contributed by atoms with Crippen molar-refractivity contribution < 1.29 is 19.4 Å². The molecule has 0 aliphatic carbocycles. The molecule has 4 atom stereocenters. The number of hydrogen-bond acceptors (Lipinski definition) is 4. The summed E-state index contributed by atoms with van der Waals surface area (Å²) in [5.41, 5.74) is 5.96. The van der Waals surface area contributed by atoms with E-state index >= 15 is 0 Å². The SMILES string of the molecule is CCCCC(CCC)c1cccc(C(=O)OOC(=O)c2cccc(C(CCC)CCCC)c2C(CCC)CCCC)c1C(CCC)CCCC. The normalized spacial score (nSPS) is 13.8. The fourth-order valence-corrected chi connectivity index (χ4v) is 8.28. The maximum absolute atomic E-state index is 14.1. The van der Waals surface area contributed by atoms with Crippen LogP contribution < -0.4 is 0 Å². The third-order valence-electron chi connectivity index (χ3n) is 10.8. The number of carbonyl (C=O) groups excluding carboxylic acids is 2. The molecule has 0 aliphatic heterocycles. The lowest BCUT2D eigenvalue weighted by Crippen LogP contribution is -2.19. The Morgan fingerprint density at radius 3 is 1.02 bits per heavy atom. The summed E-state index contributed by atoms with van der Waals surface area (Å²) in [5, 5.41) is 0. The van der Waals surface area contributed by atoms with Crippen LogP contribution in [0.25, 0.3) is 0 Å². The van der Waals surface area contributed by atoms with Crippen LogP contribution in [-0.2, 0) is 9.78 Å². The van der Waals surface area contributed by atoms with Crippen LogP contribution >= 0.6 is 0 Å². The number of unbranched alkanes of at least 4 members (excludes halogenated alkanes) is 4. The molecule has 0 aliphatic rings. The molecule has 0 amide bonds. The molecule has 0 saturated heterocycles. The molecule has 282 valence electrons. The summed E-state index contributed by atoms with van der Waals surface area (Å²) in [4.78, 5) is 39.3. The van der Waals surface area contributed by atoms with E-state index < -0.39 is 11.9 Å². The van der Waals surface area contributed by atoms with Gasteiger partial charge >= 0.3 is 11.9 Å². The molecule has 0 radical (unpaired) electrons. The number of carbonyl (C=O) groups is 2. The van der Waals surface area contributed by atoms with Crippen LogP contribution in [0.5, 0.6) is 0 Å². The van der Waals surface area contributed by atoms with Crippen LogP contribution in [0.1, 0.15) is 250 Å². The summed E-state index contributed by atoms with van der Waals surface area (Å²) in [6.07, 6.45) is 21.9. The van der Waals surface area contributed by atoms with E-state index in [1.165, 1.54) is 24.0 Å². The van der Waals surface area contributed by atoms with E-state index in [0.717, 1.165) is 127 Å². The summed E-state index contributed by atoms with van der Waals surface area (Å²) in [7, 11) is 0. The van der Waals surface area contributed by atoms with Gasteiger partial charge in [0.2, 0.25) is 0 Å². The quantitative estimate of drug-likeness (QED) is 0.0728. The molecular weight excluding hydrogens is 617 g/mol. The van der Waals surface area contributed by atoms with Gasteiger partial charge in [-0.3, -0.25) is 0 Å². The van der Waals surface area contributed by atoms with E-state index in [1.807, 2.05) is 24.3 Å².